The minimum absolute atomic E-state index is 0.0255. The van der Waals surface area contributed by atoms with Crippen LogP contribution in [0.4, 0.5) is 0 Å². The summed E-state index contributed by atoms with van der Waals surface area (Å²) >= 11 is 1.41. The van der Waals surface area contributed by atoms with Crippen molar-refractivity contribution < 1.29 is 0 Å². The molecular weight excluding hydrogens is 254 g/mol. The van der Waals surface area contributed by atoms with Gasteiger partial charge < -0.3 is 5.73 Å². The van der Waals surface area contributed by atoms with Crippen LogP contribution in [0, 0.1) is 0 Å². The molecule has 0 saturated carbocycles. The molecule has 0 fully saturated rings. The fourth-order valence-electron chi connectivity index (χ4n) is 2.08. The first kappa shape index (κ1) is 14.2. The van der Waals surface area contributed by atoms with Gasteiger partial charge in [0.05, 0.1) is 16.6 Å². The number of nitrogens with zero attached hydrogens (tertiary/aromatic N) is 2. The van der Waals surface area contributed by atoms with Gasteiger partial charge in [-0.2, -0.15) is 0 Å². The Labute approximate surface area is 119 Å². The van der Waals surface area contributed by atoms with Crippen LogP contribution in [0.3, 0.4) is 0 Å². The third kappa shape index (κ3) is 3.01. The van der Waals surface area contributed by atoms with Crippen LogP contribution >= 0.6 is 11.5 Å². The van der Waals surface area contributed by atoms with E-state index in [0.717, 1.165) is 22.6 Å². The Morgan fingerprint density at radius 3 is 2.68 bits per heavy atom. The summed E-state index contributed by atoms with van der Waals surface area (Å²) in [5.74, 6) is 0. The van der Waals surface area contributed by atoms with E-state index < -0.39 is 0 Å². The summed E-state index contributed by atoms with van der Waals surface area (Å²) in [6.45, 7) is 8.58. The maximum Gasteiger partial charge on any atom is 0.0860 e. The molecule has 0 amide bonds. The van der Waals surface area contributed by atoms with Gasteiger partial charge in [0.25, 0.3) is 0 Å². The molecule has 1 unspecified atom stereocenters. The third-order valence-electron chi connectivity index (χ3n) is 3.22. The van der Waals surface area contributed by atoms with Crippen LogP contribution in [0.25, 0.3) is 0 Å². The Bertz CT molecular complexity index is 555. The summed E-state index contributed by atoms with van der Waals surface area (Å²) in [5.41, 5.74) is 9.84. The van der Waals surface area contributed by atoms with E-state index in [-0.39, 0.29) is 11.5 Å². The molecule has 0 aliphatic heterocycles. The number of nitrogens with two attached hydrogens (primary N) is 1. The van der Waals surface area contributed by atoms with E-state index in [2.05, 4.69) is 61.5 Å². The Morgan fingerprint density at radius 1 is 1.32 bits per heavy atom. The highest BCUT2D eigenvalue weighted by Crippen LogP contribution is 2.32. The lowest BCUT2D eigenvalue weighted by atomic mass is 9.89. The van der Waals surface area contributed by atoms with Crippen LogP contribution in [0.5, 0.6) is 0 Å². The van der Waals surface area contributed by atoms with E-state index in [1.54, 1.807) is 0 Å². The minimum atomic E-state index is -0.138. The molecule has 2 rings (SSSR count). The zero-order valence-corrected chi connectivity index (χ0v) is 12.8. The van der Waals surface area contributed by atoms with Crippen LogP contribution < -0.4 is 5.73 Å². The Morgan fingerprint density at radius 2 is 2.05 bits per heavy atom. The van der Waals surface area contributed by atoms with Crippen molar-refractivity contribution in [1.82, 2.24) is 9.59 Å². The van der Waals surface area contributed by atoms with Crippen LogP contribution in [-0.4, -0.2) is 9.59 Å². The van der Waals surface area contributed by atoms with Crippen LogP contribution in [0.2, 0.25) is 0 Å². The first-order valence-electron chi connectivity index (χ1n) is 6.60. The van der Waals surface area contributed by atoms with Crippen molar-refractivity contribution in [1.29, 1.82) is 0 Å². The fourth-order valence-corrected chi connectivity index (χ4v) is 2.97. The predicted molar refractivity (Wildman–Crippen MR) is 80.5 cm³/mol. The van der Waals surface area contributed by atoms with Gasteiger partial charge >= 0.3 is 0 Å². The number of hydrogen-bond acceptors (Lipinski definition) is 4. The molecule has 19 heavy (non-hydrogen) atoms. The van der Waals surface area contributed by atoms with E-state index >= 15 is 0 Å². The number of aromatic nitrogens is 2. The normalized spacial score (nSPS) is 13.5. The zero-order valence-electron chi connectivity index (χ0n) is 12.0. The fraction of sp³-hybridized carbons (Fsp3) is 0.467. The average molecular weight is 275 g/mol. The van der Waals surface area contributed by atoms with E-state index in [0.29, 0.717) is 0 Å². The first-order valence-corrected chi connectivity index (χ1v) is 7.38. The molecule has 0 saturated heterocycles. The maximum atomic E-state index is 6.41. The van der Waals surface area contributed by atoms with Gasteiger partial charge in [0.15, 0.2) is 0 Å². The van der Waals surface area contributed by atoms with Gasteiger partial charge in [-0.15, -0.1) is 5.10 Å². The van der Waals surface area contributed by atoms with Crippen molar-refractivity contribution in [3.63, 3.8) is 0 Å². The Hall–Kier alpha value is -1.26. The molecule has 0 radical (unpaired) electrons. The van der Waals surface area contributed by atoms with Crippen LogP contribution in [-0.2, 0) is 11.8 Å². The summed E-state index contributed by atoms with van der Waals surface area (Å²) in [4.78, 5) is 1.07. The van der Waals surface area contributed by atoms with Crippen LogP contribution in [0.15, 0.2) is 24.3 Å². The molecule has 0 aliphatic rings. The molecular formula is C15H21N3S. The molecule has 0 bridgehead atoms. The van der Waals surface area contributed by atoms with Gasteiger partial charge in [0.2, 0.25) is 0 Å². The highest BCUT2D eigenvalue weighted by atomic mass is 32.1. The predicted octanol–water partition coefficient (Wildman–Crippen LogP) is 3.45. The minimum Gasteiger partial charge on any atom is -0.319 e. The van der Waals surface area contributed by atoms with E-state index in [1.165, 1.54) is 17.1 Å². The Kier molecular flexibility index (Phi) is 4.02. The van der Waals surface area contributed by atoms with Crippen LogP contribution in [0.1, 0.15) is 55.4 Å². The summed E-state index contributed by atoms with van der Waals surface area (Å²) < 4.78 is 4.09. The summed E-state index contributed by atoms with van der Waals surface area (Å²) in [6.07, 6.45) is 1.02. The van der Waals surface area contributed by atoms with Gasteiger partial charge in [0, 0.05) is 5.41 Å². The molecule has 4 heteroatoms. The summed E-state index contributed by atoms with van der Waals surface area (Å²) in [7, 11) is 0. The third-order valence-corrected chi connectivity index (χ3v) is 4.03. The van der Waals surface area contributed by atoms with E-state index in [9.17, 15) is 0 Å². The largest absolute Gasteiger partial charge is 0.319 e. The first-order chi connectivity index (χ1) is 8.93. The zero-order chi connectivity index (χ0) is 14.0. The van der Waals surface area contributed by atoms with Crippen molar-refractivity contribution in [2.75, 3.05) is 0 Å². The second-order valence-electron chi connectivity index (χ2n) is 5.81. The van der Waals surface area contributed by atoms with Gasteiger partial charge in [-0.1, -0.05) is 56.4 Å². The second kappa shape index (κ2) is 5.39. The molecule has 1 aromatic heterocycles. The van der Waals surface area contributed by atoms with Crippen molar-refractivity contribution in [2.45, 2.75) is 45.6 Å². The SMILES string of the molecule is CCc1cccc(C(N)c2snnc2C(C)(C)C)c1. The standard InChI is InChI=1S/C15H21N3S/c1-5-10-7-6-8-11(9-10)12(16)13-14(15(2,3)4)17-18-19-13/h6-9,12H,5,16H2,1-4H3. The quantitative estimate of drug-likeness (QED) is 0.933. The maximum absolute atomic E-state index is 6.41. The smallest absolute Gasteiger partial charge is 0.0860 e. The van der Waals surface area contributed by atoms with Gasteiger partial charge in [-0.3, -0.25) is 0 Å². The lowest BCUT2D eigenvalue weighted by Gasteiger charge is -2.20. The van der Waals surface area contributed by atoms with Crippen molar-refractivity contribution in [3.05, 3.63) is 46.0 Å². The highest BCUT2D eigenvalue weighted by molar-refractivity contribution is 7.05. The number of benzene rings is 1. The van der Waals surface area contributed by atoms with Crippen molar-refractivity contribution >= 4 is 11.5 Å². The second-order valence-corrected chi connectivity index (χ2v) is 6.60. The summed E-state index contributed by atoms with van der Waals surface area (Å²) in [6, 6.07) is 8.32. The topological polar surface area (TPSA) is 51.8 Å². The van der Waals surface area contributed by atoms with Gasteiger partial charge in [-0.05, 0) is 29.1 Å². The van der Waals surface area contributed by atoms with Gasteiger partial charge in [0.1, 0.15) is 0 Å². The highest BCUT2D eigenvalue weighted by Gasteiger charge is 2.26. The number of hydrogen-bond donors (Lipinski definition) is 1. The summed E-state index contributed by atoms with van der Waals surface area (Å²) in [5, 5.41) is 4.27. The molecule has 3 nitrogen and oxygen atoms in total. The molecule has 1 aromatic carbocycles. The number of rotatable bonds is 3. The lowest BCUT2D eigenvalue weighted by Crippen LogP contribution is -2.19. The molecule has 2 N–H and O–H groups in total. The molecule has 0 aliphatic carbocycles. The Balaban J connectivity index is 2.39. The van der Waals surface area contributed by atoms with Gasteiger partial charge in [-0.25, -0.2) is 0 Å². The molecule has 1 heterocycles. The van der Waals surface area contributed by atoms with E-state index in [4.69, 9.17) is 5.73 Å². The molecule has 2 aromatic rings. The van der Waals surface area contributed by atoms with Crippen molar-refractivity contribution in [2.24, 2.45) is 5.73 Å². The average Bonchev–Trinajstić information content (AvgIpc) is 2.87. The molecule has 1 atom stereocenters. The molecule has 0 spiro atoms. The molecule has 102 valence electrons. The monoisotopic (exact) mass is 275 g/mol. The van der Waals surface area contributed by atoms with E-state index in [1.807, 2.05) is 0 Å². The lowest BCUT2D eigenvalue weighted by molar-refractivity contribution is 0.556. The van der Waals surface area contributed by atoms with Crippen molar-refractivity contribution in [3.8, 4) is 0 Å². The number of aryl methyl sites for hydroxylation is 1.